The molecule has 0 radical (unpaired) electrons. The minimum atomic E-state index is -2.33. The highest BCUT2D eigenvalue weighted by Crippen LogP contribution is 2.31. The summed E-state index contributed by atoms with van der Waals surface area (Å²) in [6, 6.07) is 0. The molecule has 1 aromatic rings. The van der Waals surface area contributed by atoms with Gasteiger partial charge in [0, 0.05) is 9.65 Å². The van der Waals surface area contributed by atoms with E-state index in [2.05, 4.69) is 31.2 Å². The number of anilines is 2. The summed E-state index contributed by atoms with van der Waals surface area (Å²) in [5.41, 5.74) is -1.36. The summed E-state index contributed by atoms with van der Waals surface area (Å²) in [4.78, 5) is 21.6. The molecule has 0 saturated heterocycles. The third-order valence-corrected chi connectivity index (χ3v) is 2.53. The lowest BCUT2D eigenvalue weighted by atomic mass is 10.1. The van der Waals surface area contributed by atoms with Gasteiger partial charge in [0.1, 0.15) is 4.60 Å². The van der Waals surface area contributed by atoms with Gasteiger partial charge in [-0.15, -0.1) is 0 Å². The number of hydrogen-bond donors (Lipinski definition) is 1. The summed E-state index contributed by atoms with van der Waals surface area (Å²) in [6.45, 7) is 0.662. The van der Waals surface area contributed by atoms with Gasteiger partial charge in [-0.05, 0) is 36.6 Å². The summed E-state index contributed by atoms with van der Waals surface area (Å²) in [6.07, 6.45) is 1.49. The number of aromatic nitrogens is 2. The van der Waals surface area contributed by atoms with E-state index in [4.69, 9.17) is 4.11 Å². The molecule has 2 heterocycles. The van der Waals surface area contributed by atoms with Crippen molar-refractivity contribution < 1.29 is 8.91 Å². The van der Waals surface area contributed by atoms with Gasteiger partial charge in [-0.2, -0.15) is 0 Å². The summed E-state index contributed by atoms with van der Waals surface area (Å²) in [5, 5.41) is 2.82. The highest BCUT2D eigenvalue weighted by Gasteiger charge is 2.34. The van der Waals surface area contributed by atoms with Gasteiger partial charge in [-0.1, -0.05) is 0 Å². The fraction of sp³-hybridized carbons (Fsp3) is 0.500. The van der Waals surface area contributed by atoms with Crippen molar-refractivity contribution in [2.45, 2.75) is 26.2 Å². The molecule has 1 aromatic heterocycles. The maximum absolute atomic E-state index is 12.1. The smallest absolute Gasteiger partial charge is 0.248 e. The van der Waals surface area contributed by atoms with Crippen molar-refractivity contribution in [3.8, 4) is 0 Å². The number of carbonyl (C=O) groups is 1. The second-order valence-corrected chi connectivity index (χ2v) is 4.82. The first kappa shape index (κ1) is 8.00. The van der Waals surface area contributed by atoms with Crippen LogP contribution in [0.15, 0.2) is 10.8 Å². The molecule has 1 aliphatic rings. The molecule has 0 bridgehead atoms. The lowest BCUT2D eigenvalue weighted by Crippen LogP contribution is -2.51. The first-order chi connectivity index (χ1) is 8.64. The predicted molar refractivity (Wildman–Crippen MR) is 65.5 cm³/mol. The normalized spacial score (nSPS) is 19.3. The van der Waals surface area contributed by atoms with Gasteiger partial charge in [-0.25, -0.2) is 9.97 Å². The number of fused-ring (bicyclic) bond motifs is 1. The number of halogens is 1. The van der Waals surface area contributed by atoms with Crippen molar-refractivity contribution >= 4 is 33.5 Å². The van der Waals surface area contributed by atoms with Crippen molar-refractivity contribution in [1.29, 1.82) is 0 Å². The summed E-state index contributed by atoms with van der Waals surface area (Å²) < 4.78 is 23.3. The molecule has 1 aliphatic heterocycles. The van der Waals surface area contributed by atoms with Crippen LogP contribution in [-0.4, -0.2) is 28.0 Å². The van der Waals surface area contributed by atoms with Crippen LogP contribution >= 0.6 is 15.9 Å². The second-order valence-electron chi connectivity index (χ2n) is 4.01. The molecule has 0 aliphatic carbocycles. The largest absolute Gasteiger partial charge is 0.358 e. The maximum atomic E-state index is 12.1. The van der Waals surface area contributed by atoms with Gasteiger partial charge in [0.2, 0.25) is 5.91 Å². The van der Waals surface area contributed by atoms with Crippen molar-refractivity contribution in [1.82, 2.24) is 9.97 Å². The van der Waals surface area contributed by atoms with Gasteiger partial charge in [0.05, 0.1) is 12.7 Å². The van der Waals surface area contributed by atoms with Crippen LogP contribution in [0.1, 0.15) is 24.8 Å². The van der Waals surface area contributed by atoms with Gasteiger partial charge >= 0.3 is 0 Å². The van der Waals surface area contributed by atoms with Crippen molar-refractivity contribution in [3.63, 3.8) is 0 Å². The molecular formula is C10H13BrN4O. The van der Waals surface area contributed by atoms with Crippen LogP contribution in [0.25, 0.3) is 0 Å². The van der Waals surface area contributed by atoms with Gasteiger partial charge in [0.25, 0.3) is 0 Å². The molecule has 16 heavy (non-hydrogen) atoms. The van der Waals surface area contributed by atoms with Crippen molar-refractivity contribution in [3.05, 3.63) is 10.8 Å². The van der Waals surface area contributed by atoms with E-state index in [1.165, 1.54) is 24.9 Å². The third kappa shape index (κ3) is 1.89. The molecule has 0 atom stereocenters. The molecule has 86 valence electrons. The Kier molecular flexibility index (Phi) is 1.85. The summed E-state index contributed by atoms with van der Waals surface area (Å²) in [5.74, 6) is 0.285. The molecule has 5 nitrogen and oxygen atoms in total. The standard InChI is InChI=1S/C10H13BrN4O/c1-10(2,3)15-7(16)5-13-8-9(15)14-6(11)4-12-8/h4H,5H2,1-3H3,(H,12,13)/i1D3. The molecule has 1 amide bonds. The van der Waals surface area contributed by atoms with E-state index >= 15 is 0 Å². The quantitative estimate of drug-likeness (QED) is 0.791. The number of amides is 1. The monoisotopic (exact) mass is 287 g/mol. The topological polar surface area (TPSA) is 58.1 Å². The number of nitrogens with zero attached hydrogens (tertiary/aromatic N) is 3. The molecule has 6 heteroatoms. The average Bonchev–Trinajstić information content (AvgIpc) is 2.26. The zero-order valence-electron chi connectivity index (χ0n) is 11.9. The fourth-order valence-electron chi connectivity index (χ4n) is 1.57. The second kappa shape index (κ2) is 3.69. The van der Waals surface area contributed by atoms with Crippen LogP contribution < -0.4 is 10.2 Å². The van der Waals surface area contributed by atoms with E-state index in [-0.39, 0.29) is 18.3 Å². The zero-order chi connectivity index (χ0) is 14.4. The van der Waals surface area contributed by atoms with Crippen LogP contribution in [0.5, 0.6) is 0 Å². The van der Waals surface area contributed by atoms with Crippen molar-refractivity contribution in [2.75, 3.05) is 16.8 Å². The molecular weight excluding hydrogens is 272 g/mol. The van der Waals surface area contributed by atoms with Crippen LogP contribution in [0.2, 0.25) is 0 Å². The molecule has 1 N–H and O–H groups in total. The minimum absolute atomic E-state index is 0.00280. The lowest BCUT2D eigenvalue weighted by Gasteiger charge is -2.38. The number of nitrogens with one attached hydrogen (secondary N) is 1. The Morgan fingerprint density at radius 2 is 2.44 bits per heavy atom. The Morgan fingerprint density at radius 3 is 3.12 bits per heavy atom. The van der Waals surface area contributed by atoms with Crippen LogP contribution in [0, 0.1) is 0 Å². The molecule has 0 fully saturated rings. The Labute approximate surface area is 107 Å². The minimum Gasteiger partial charge on any atom is -0.358 e. The van der Waals surface area contributed by atoms with E-state index < -0.39 is 12.4 Å². The van der Waals surface area contributed by atoms with Gasteiger partial charge < -0.3 is 5.32 Å². The maximum Gasteiger partial charge on any atom is 0.248 e. The van der Waals surface area contributed by atoms with Crippen LogP contribution in [-0.2, 0) is 4.79 Å². The number of carbonyl (C=O) groups excluding carboxylic acids is 1. The summed E-state index contributed by atoms with van der Waals surface area (Å²) in [7, 11) is 0. The van der Waals surface area contributed by atoms with Gasteiger partial charge in [-0.3, -0.25) is 9.69 Å². The third-order valence-electron chi connectivity index (χ3n) is 2.15. The van der Waals surface area contributed by atoms with E-state index in [0.29, 0.717) is 10.4 Å². The molecule has 0 aromatic carbocycles. The average molecular weight is 288 g/mol. The van der Waals surface area contributed by atoms with Gasteiger partial charge in [0.15, 0.2) is 11.6 Å². The van der Waals surface area contributed by atoms with E-state index in [9.17, 15) is 4.79 Å². The summed E-state index contributed by atoms with van der Waals surface area (Å²) >= 11 is 3.18. The van der Waals surface area contributed by atoms with E-state index in [0.717, 1.165) is 0 Å². The van der Waals surface area contributed by atoms with Crippen LogP contribution in [0.3, 0.4) is 0 Å². The Morgan fingerprint density at radius 1 is 1.69 bits per heavy atom. The number of hydrogen-bond acceptors (Lipinski definition) is 4. The highest BCUT2D eigenvalue weighted by molar-refractivity contribution is 9.10. The van der Waals surface area contributed by atoms with E-state index in [1.807, 2.05) is 0 Å². The van der Waals surface area contributed by atoms with E-state index in [1.54, 1.807) is 0 Å². The molecule has 0 saturated carbocycles. The Bertz CT molecular complexity index is 532. The predicted octanol–water partition coefficient (Wildman–Crippen LogP) is 1.80. The Hall–Kier alpha value is -1.17. The van der Waals surface area contributed by atoms with Crippen LogP contribution in [0.4, 0.5) is 11.6 Å². The first-order valence-corrected chi connectivity index (χ1v) is 5.53. The fourth-order valence-corrected chi connectivity index (χ4v) is 1.84. The lowest BCUT2D eigenvalue weighted by molar-refractivity contribution is -0.118. The molecule has 2 rings (SSSR count). The SMILES string of the molecule is [2H]C([2H])([2H])C(C)(C)N1C(=O)CNc2ncc(Br)nc21. The molecule has 0 spiro atoms. The molecule has 0 unspecified atom stereocenters. The highest BCUT2D eigenvalue weighted by atomic mass is 79.9. The Balaban J connectivity index is 2.58. The number of rotatable bonds is 0. The zero-order valence-corrected chi connectivity index (χ0v) is 10.5. The van der Waals surface area contributed by atoms with Crippen molar-refractivity contribution in [2.24, 2.45) is 0 Å². The first-order valence-electron chi connectivity index (χ1n) is 6.24.